The average molecular weight is 605 g/mol. The Hall–Kier alpha value is -3.97. The van der Waals surface area contributed by atoms with Crippen molar-refractivity contribution >= 4 is 42.4 Å². The minimum atomic E-state index is -1.75. The zero-order chi connectivity index (χ0) is 32.6. The molecule has 1 heterocycles. The van der Waals surface area contributed by atoms with Crippen molar-refractivity contribution in [1.82, 2.24) is 4.90 Å². The summed E-state index contributed by atoms with van der Waals surface area (Å²) in [6.45, 7) is 9.77. The molecule has 0 bridgehead atoms. The maximum atomic E-state index is 14.4. The van der Waals surface area contributed by atoms with E-state index in [1.54, 1.807) is 65.8 Å². The van der Waals surface area contributed by atoms with Crippen molar-refractivity contribution in [2.45, 2.75) is 96.8 Å². The first-order valence-electron chi connectivity index (χ1n) is 13.8. The van der Waals surface area contributed by atoms with Crippen LogP contribution in [0.4, 0.5) is 4.79 Å². The number of carbonyl (C=O) groups excluding carboxylic acids is 7. The van der Waals surface area contributed by atoms with Gasteiger partial charge in [0, 0.05) is 25.8 Å². The highest BCUT2D eigenvalue weighted by atomic mass is 16.6. The fraction of sp³-hybridized carbons (Fsp3) is 0.567. The molecule has 3 unspecified atom stereocenters. The van der Waals surface area contributed by atoms with E-state index in [0.717, 1.165) is 0 Å². The third-order valence-electron chi connectivity index (χ3n) is 6.97. The van der Waals surface area contributed by atoms with Crippen LogP contribution in [0.1, 0.15) is 66.4 Å². The number of aldehydes is 2. The lowest BCUT2D eigenvalue weighted by Gasteiger charge is -2.54. The highest BCUT2D eigenvalue weighted by Crippen LogP contribution is 2.45. The molecule has 43 heavy (non-hydrogen) atoms. The number of likely N-dealkylation sites (tertiary alicyclic amines) is 1. The van der Waals surface area contributed by atoms with Crippen molar-refractivity contribution in [3.63, 3.8) is 0 Å². The number of nitrogens with two attached hydrogens (primary N) is 1. The molecule has 236 valence electrons. The molecular weight excluding hydrogens is 564 g/mol. The van der Waals surface area contributed by atoms with E-state index in [1.165, 1.54) is 4.90 Å². The molecule has 0 spiro atoms. The molecule has 1 saturated heterocycles. The third-order valence-corrected chi connectivity index (χ3v) is 6.97. The highest BCUT2D eigenvalue weighted by Gasteiger charge is 2.59. The Morgan fingerprint density at radius 3 is 2.14 bits per heavy atom. The number of piperidine rings is 1. The topological polar surface area (TPSA) is 186 Å². The van der Waals surface area contributed by atoms with Gasteiger partial charge < -0.3 is 24.7 Å². The Morgan fingerprint density at radius 2 is 1.60 bits per heavy atom. The molecule has 1 aromatic rings. The number of rotatable bonds is 11. The van der Waals surface area contributed by atoms with Crippen LogP contribution in [0.15, 0.2) is 30.3 Å². The van der Waals surface area contributed by atoms with Crippen molar-refractivity contribution in [2.75, 3.05) is 6.54 Å². The van der Waals surface area contributed by atoms with E-state index >= 15 is 0 Å². The van der Waals surface area contributed by atoms with Gasteiger partial charge >= 0.3 is 24.0 Å². The molecule has 1 aromatic carbocycles. The molecule has 0 radical (unpaired) electrons. The largest absolute Gasteiger partial charge is 0.457 e. The average Bonchev–Trinajstić information content (AvgIpc) is 2.93. The van der Waals surface area contributed by atoms with Gasteiger partial charge in [0.15, 0.2) is 11.9 Å². The van der Waals surface area contributed by atoms with E-state index in [-0.39, 0.29) is 38.6 Å². The molecule has 0 aliphatic carbocycles. The highest BCUT2D eigenvalue weighted by molar-refractivity contribution is 6.23. The maximum absolute atomic E-state index is 14.4. The molecular formula is C30H40N2O11. The van der Waals surface area contributed by atoms with E-state index in [4.69, 9.17) is 19.9 Å². The normalized spacial score (nSPS) is 20.3. The summed E-state index contributed by atoms with van der Waals surface area (Å²) in [4.78, 5) is 87.1. The standard InChI is InChI=1S/C30H40N2O11/c1-28(2,3)30(25(37)21(31)14-22(43-29(4,5)6)26(38)42-24(36)17-34)15-20(41-23(35)16-33)12-13-32(30)27(39)40-18-19-10-8-7-9-11-19/h7-11,16-17,20-22H,12-15,18,31H2,1-6H3/t20?,21-,22?,30?/m0/s1. The SMILES string of the molecule is CC(C)(C)OC(C[C@H](N)C(=O)C1(C(C)(C)C)CC(OC(=O)C=O)CCN1C(=O)OCc1ccccc1)C(=O)OC(=O)C=O. The summed E-state index contributed by atoms with van der Waals surface area (Å²) < 4.78 is 21.1. The molecule has 1 aliphatic rings. The molecule has 1 fully saturated rings. The van der Waals surface area contributed by atoms with Gasteiger partial charge in [-0.1, -0.05) is 51.1 Å². The van der Waals surface area contributed by atoms with Crippen molar-refractivity contribution in [1.29, 1.82) is 0 Å². The van der Waals surface area contributed by atoms with Crippen molar-refractivity contribution < 1.29 is 52.5 Å². The van der Waals surface area contributed by atoms with Gasteiger partial charge in [-0.3, -0.25) is 19.3 Å². The predicted octanol–water partition coefficient (Wildman–Crippen LogP) is 2.05. The molecule has 4 atom stereocenters. The quantitative estimate of drug-likeness (QED) is 0.128. The first-order valence-corrected chi connectivity index (χ1v) is 13.8. The van der Waals surface area contributed by atoms with Crippen LogP contribution < -0.4 is 5.73 Å². The second-order valence-corrected chi connectivity index (χ2v) is 12.3. The van der Waals surface area contributed by atoms with Crippen LogP contribution in [0.3, 0.4) is 0 Å². The number of hydrogen-bond acceptors (Lipinski definition) is 12. The van der Waals surface area contributed by atoms with E-state index in [0.29, 0.717) is 5.56 Å². The van der Waals surface area contributed by atoms with Gasteiger partial charge in [0.05, 0.1) is 11.6 Å². The van der Waals surface area contributed by atoms with Gasteiger partial charge in [-0.2, -0.15) is 0 Å². The number of carbonyl (C=O) groups is 7. The van der Waals surface area contributed by atoms with Crippen LogP contribution in [0, 0.1) is 5.41 Å². The van der Waals surface area contributed by atoms with Crippen LogP contribution in [0.25, 0.3) is 0 Å². The lowest BCUT2D eigenvalue weighted by molar-refractivity contribution is -0.176. The molecule has 2 rings (SSSR count). The zero-order valence-electron chi connectivity index (χ0n) is 25.3. The zero-order valence-corrected chi connectivity index (χ0v) is 25.3. The van der Waals surface area contributed by atoms with Gasteiger partial charge in [-0.15, -0.1) is 0 Å². The number of Topliss-reactive ketones (excluding diaryl/α,β-unsaturated/α-hetero) is 1. The Kier molecular flexibility index (Phi) is 11.9. The summed E-state index contributed by atoms with van der Waals surface area (Å²) in [5.41, 5.74) is 3.38. The Balaban J connectivity index is 2.51. The molecule has 0 saturated carbocycles. The number of benzene rings is 1. The smallest absolute Gasteiger partial charge is 0.410 e. The van der Waals surface area contributed by atoms with Crippen LogP contribution in [0.2, 0.25) is 0 Å². The fourth-order valence-electron chi connectivity index (χ4n) is 5.11. The van der Waals surface area contributed by atoms with Crippen molar-refractivity contribution in [3.8, 4) is 0 Å². The number of nitrogens with zero attached hydrogens (tertiary/aromatic N) is 1. The van der Waals surface area contributed by atoms with Crippen LogP contribution in [0.5, 0.6) is 0 Å². The molecule has 1 aliphatic heterocycles. The van der Waals surface area contributed by atoms with Gasteiger partial charge in [0.25, 0.3) is 0 Å². The molecule has 1 amide bonds. The Morgan fingerprint density at radius 1 is 1.00 bits per heavy atom. The van der Waals surface area contributed by atoms with Crippen molar-refractivity contribution in [3.05, 3.63) is 35.9 Å². The van der Waals surface area contributed by atoms with E-state index < -0.39 is 71.0 Å². The van der Waals surface area contributed by atoms with Gasteiger partial charge in [-0.05, 0) is 31.7 Å². The summed E-state index contributed by atoms with van der Waals surface area (Å²) in [7, 11) is 0. The number of ether oxygens (including phenoxy) is 4. The molecule has 0 aromatic heterocycles. The first kappa shape index (κ1) is 35.2. The Bertz CT molecular complexity index is 1200. The summed E-state index contributed by atoms with van der Waals surface area (Å²) in [6, 6.07) is 7.42. The van der Waals surface area contributed by atoms with Crippen LogP contribution in [-0.2, 0) is 54.3 Å². The number of esters is 3. The molecule has 13 heteroatoms. The van der Waals surface area contributed by atoms with Crippen LogP contribution in [-0.4, -0.2) is 83.2 Å². The lowest BCUT2D eigenvalue weighted by atomic mass is 9.63. The van der Waals surface area contributed by atoms with Crippen LogP contribution >= 0.6 is 0 Å². The second kappa shape index (κ2) is 14.5. The van der Waals surface area contributed by atoms with E-state index in [1.807, 2.05) is 6.07 Å². The predicted molar refractivity (Wildman–Crippen MR) is 150 cm³/mol. The lowest BCUT2D eigenvalue weighted by Crippen LogP contribution is -2.71. The van der Waals surface area contributed by atoms with Crippen molar-refractivity contribution in [2.24, 2.45) is 11.1 Å². The monoisotopic (exact) mass is 604 g/mol. The third kappa shape index (κ3) is 9.26. The number of ketones is 1. The fourth-order valence-corrected chi connectivity index (χ4v) is 5.11. The second-order valence-electron chi connectivity index (χ2n) is 12.3. The number of hydrogen-bond donors (Lipinski definition) is 1. The number of amides is 1. The molecule has 2 N–H and O–H groups in total. The van der Waals surface area contributed by atoms with Gasteiger partial charge in [0.2, 0.25) is 12.6 Å². The minimum Gasteiger partial charge on any atom is -0.457 e. The Labute approximate surface area is 250 Å². The van der Waals surface area contributed by atoms with Gasteiger partial charge in [0.1, 0.15) is 18.2 Å². The van der Waals surface area contributed by atoms with Gasteiger partial charge in [-0.25, -0.2) is 19.2 Å². The minimum absolute atomic E-state index is 0.00743. The summed E-state index contributed by atoms with van der Waals surface area (Å²) >= 11 is 0. The summed E-state index contributed by atoms with van der Waals surface area (Å²) in [5, 5.41) is 0. The van der Waals surface area contributed by atoms with E-state index in [2.05, 4.69) is 4.74 Å². The maximum Gasteiger partial charge on any atom is 0.410 e. The summed E-state index contributed by atoms with van der Waals surface area (Å²) in [5.74, 6) is -4.51. The summed E-state index contributed by atoms with van der Waals surface area (Å²) in [6.07, 6.45) is -4.06. The van der Waals surface area contributed by atoms with E-state index in [9.17, 15) is 33.6 Å². The molecule has 13 nitrogen and oxygen atoms in total. The first-order chi connectivity index (χ1) is 19.9.